The molecule has 0 saturated heterocycles. The molecular formula is C17H27ClN2. The lowest BCUT2D eigenvalue weighted by Crippen LogP contribution is -2.26. The molecule has 1 aliphatic carbocycles. The molecule has 20 heavy (non-hydrogen) atoms. The van der Waals surface area contributed by atoms with E-state index in [1.165, 1.54) is 37.8 Å². The van der Waals surface area contributed by atoms with E-state index in [4.69, 9.17) is 17.3 Å². The minimum atomic E-state index is 0.151. The van der Waals surface area contributed by atoms with Crippen molar-refractivity contribution in [3.8, 4) is 0 Å². The van der Waals surface area contributed by atoms with Crippen LogP contribution < -0.4 is 10.6 Å². The highest BCUT2D eigenvalue weighted by molar-refractivity contribution is 6.31. The molecule has 0 aromatic heterocycles. The first-order valence-corrected chi connectivity index (χ1v) is 8.19. The van der Waals surface area contributed by atoms with Gasteiger partial charge in [-0.2, -0.15) is 0 Å². The van der Waals surface area contributed by atoms with Crippen LogP contribution in [0.1, 0.15) is 44.6 Å². The lowest BCUT2D eigenvalue weighted by Gasteiger charge is -2.28. The van der Waals surface area contributed by atoms with E-state index in [0.29, 0.717) is 0 Å². The van der Waals surface area contributed by atoms with Gasteiger partial charge < -0.3 is 10.6 Å². The fraction of sp³-hybridized carbons (Fsp3) is 0.647. The van der Waals surface area contributed by atoms with Gasteiger partial charge in [0.1, 0.15) is 0 Å². The van der Waals surface area contributed by atoms with Crippen molar-refractivity contribution in [2.24, 2.45) is 11.7 Å². The second kappa shape index (κ2) is 7.33. The lowest BCUT2D eigenvalue weighted by atomic mass is 9.89. The van der Waals surface area contributed by atoms with Gasteiger partial charge in [0.2, 0.25) is 0 Å². The van der Waals surface area contributed by atoms with Crippen molar-refractivity contribution in [1.29, 1.82) is 0 Å². The number of benzene rings is 1. The lowest BCUT2D eigenvalue weighted by molar-refractivity contribution is 0.362. The Morgan fingerprint density at radius 1 is 1.30 bits per heavy atom. The average molecular weight is 295 g/mol. The van der Waals surface area contributed by atoms with Crippen LogP contribution in [-0.2, 0) is 6.42 Å². The highest BCUT2D eigenvalue weighted by Crippen LogP contribution is 2.28. The molecule has 2 nitrogen and oxygen atoms in total. The zero-order valence-corrected chi connectivity index (χ0v) is 13.5. The summed E-state index contributed by atoms with van der Waals surface area (Å²) in [4.78, 5) is 2.34. The number of nitrogens with two attached hydrogens (primary N) is 1. The highest BCUT2D eigenvalue weighted by Gasteiger charge is 2.16. The number of hydrogen-bond donors (Lipinski definition) is 1. The van der Waals surface area contributed by atoms with Crippen LogP contribution >= 0.6 is 11.6 Å². The molecule has 3 heteroatoms. The summed E-state index contributed by atoms with van der Waals surface area (Å²) in [5, 5.41) is 0.843. The molecule has 1 atom stereocenters. The average Bonchev–Trinajstić information content (AvgIpc) is 2.41. The SMILES string of the molecule is CC(N)Cc1ccc(N(C)CC2CCCCC2)cc1Cl. The van der Waals surface area contributed by atoms with Crippen molar-refractivity contribution in [2.45, 2.75) is 51.5 Å². The summed E-state index contributed by atoms with van der Waals surface area (Å²) < 4.78 is 0. The summed E-state index contributed by atoms with van der Waals surface area (Å²) in [6.07, 6.45) is 7.80. The van der Waals surface area contributed by atoms with E-state index in [2.05, 4.69) is 30.1 Å². The molecule has 112 valence electrons. The van der Waals surface area contributed by atoms with E-state index < -0.39 is 0 Å². The van der Waals surface area contributed by atoms with E-state index in [-0.39, 0.29) is 6.04 Å². The predicted octanol–water partition coefficient (Wildman–Crippen LogP) is 4.25. The number of rotatable bonds is 5. The van der Waals surface area contributed by atoms with Gasteiger partial charge in [-0.25, -0.2) is 0 Å². The number of anilines is 1. The van der Waals surface area contributed by atoms with Crippen molar-refractivity contribution >= 4 is 17.3 Å². The Labute approximate surface area is 128 Å². The summed E-state index contributed by atoms with van der Waals surface area (Å²) in [6, 6.07) is 6.53. The Kier molecular flexibility index (Phi) is 5.74. The molecule has 1 fully saturated rings. The Morgan fingerprint density at radius 3 is 2.60 bits per heavy atom. The van der Waals surface area contributed by atoms with Crippen molar-refractivity contribution in [3.63, 3.8) is 0 Å². The van der Waals surface area contributed by atoms with Gasteiger partial charge in [-0.1, -0.05) is 36.9 Å². The highest BCUT2D eigenvalue weighted by atomic mass is 35.5. The van der Waals surface area contributed by atoms with E-state index in [0.717, 1.165) is 29.5 Å². The monoisotopic (exact) mass is 294 g/mol. The third-order valence-corrected chi connectivity index (χ3v) is 4.63. The molecule has 0 radical (unpaired) electrons. The van der Waals surface area contributed by atoms with Gasteiger partial charge >= 0.3 is 0 Å². The van der Waals surface area contributed by atoms with Crippen LogP contribution in [0.5, 0.6) is 0 Å². The zero-order valence-electron chi connectivity index (χ0n) is 12.7. The Balaban J connectivity index is 1.98. The summed E-state index contributed by atoms with van der Waals surface area (Å²) in [7, 11) is 2.17. The summed E-state index contributed by atoms with van der Waals surface area (Å²) in [5.74, 6) is 0.844. The van der Waals surface area contributed by atoms with E-state index >= 15 is 0 Å². The van der Waals surface area contributed by atoms with Gasteiger partial charge in [-0.05, 0) is 49.8 Å². The maximum Gasteiger partial charge on any atom is 0.0459 e. The summed E-state index contributed by atoms with van der Waals surface area (Å²) in [5.41, 5.74) is 8.21. The predicted molar refractivity (Wildman–Crippen MR) is 88.7 cm³/mol. The maximum atomic E-state index is 6.38. The molecular weight excluding hydrogens is 268 g/mol. The molecule has 0 heterocycles. The van der Waals surface area contributed by atoms with Crippen LogP contribution in [-0.4, -0.2) is 19.6 Å². The van der Waals surface area contributed by atoms with Crippen molar-refractivity contribution < 1.29 is 0 Å². The van der Waals surface area contributed by atoms with Crippen molar-refractivity contribution in [1.82, 2.24) is 0 Å². The molecule has 0 spiro atoms. The molecule has 2 N–H and O–H groups in total. The van der Waals surface area contributed by atoms with E-state index in [1.54, 1.807) is 0 Å². The van der Waals surface area contributed by atoms with Gasteiger partial charge in [0.15, 0.2) is 0 Å². The van der Waals surface area contributed by atoms with E-state index in [1.807, 2.05) is 6.92 Å². The molecule has 0 bridgehead atoms. The Bertz CT molecular complexity index is 425. The third-order valence-electron chi connectivity index (χ3n) is 4.28. The first-order valence-electron chi connectivity index (χ1n) is 7.81. The summed E-state index contributed by atoms with van der Waals surface area (Å²) >= 11 is 6.38. The second-order valence-electron chi connectivity index (χ2n) is 6.34. The molecule has 1 aromatic carbocycles. The zero-order chi connectivity index (χ0) is 14.5. The van der Waals surface area contributed by atoms with Crippen LogP contribution in [0.3, 0.4) is 0 Å². The minimum Gasteiger partial charge on any atom is -0.374 e. The summed E-state index contributed by atoms with van der Waals surface area (Å²) in [6.45, 7) is 3.16. The topological polar surface area (TPSA) is 29.3 Å². The fourth-order valence-corrected chi connectivity index (χ4v) is 3.40. The first kappa shape index (κ1) is 15.7. The number of hydrogen-bond acceptors (Lipinski definition) is 2. The van der Waals surface area contributed by atoms with Crippen molar-refractivity contribution in [3.05, 3.63) is 28.8 Å². The maximum absolute atomic E-state index is 6.38. The molecule has 1 saturated carbocycles. The first-order chi connectivity index (χ1) is 9.56. The molecule has 1 aliphatic rings. The Morgan fingerprint density at radius 2 is 2.00 bits per heavy atom. The van der Waals surface area contributed by atoms with Crippen molar-refractivity contribution in [2.75, 3.05) is 18.5 Å². The van der Waals surface area contributed by atoms with Crippen LogP contribution in [0.25, 0.3) is 0 Å². The Hall–Kier alpha value is -0.730. The van der Waals surface area contributed by atoms with Crippen LogP contribution in [0, 0.1) is 5.92 Å². The normalized spacial score (nSPS) is 18.0. The second-order valence-corrected chi connectivity index (χ2v) is 6.75. The fourth-order valence-electron chi connectivity index (χ4n) is 3.15. The van der Waals surface area contributed by atoms with Gasteiger partial charge in [-0.15, -0.1) is 0 Å². The van der Waals surface area contributed by atoms with E-state index in [9.17, 15) is 0 Å². The van der Waals surface area contributed by atoms with Gasteiger partial charge in [-0.3, -0.25) is 0 Å². The third kappa shape index (κ3) is 4.39. The van der Waals surface area contributed by atoms with Gasteiger partial charge in [0, 0.05) is 30.3 Å². The van der Waals surface area contributed by atoms with Crippen LogP contribution in [0.2, 0.25) is 5.02 Å². The number of halogens is 1. The minimum absolute atomic E-state index is 0.151. The largest absolute Gasteiger partial charge is 0.374 e. The van der Waals surface area contributed by atoms with Crippen LogP contribution in [0.15, 0.2) is 18.2 Å². The molecule has 0 aliphatic heterocycles. The quantitative estimate of drug-likeness (QED) is 0.880. The number of nitrogens with zero attached hydrogens (tertiary/aromatic N) is 1. The van der Waals surface area contributed by atoms with Gasteiger partial charge in [0.05, 0.1) is 0 Å². The molecule has 1 aromatic rings. The van der Waals surface area contributed by atoms with Crippen LogP contribution in [0.4, 0.5) is 5.69 Å². The standard InChI is InChI=1S/C17H27ClN2/c1-13(19)10-15-8-9-16(11-17(15)18)20(2)12-14-6-4-3-5-7-14/h8-9,11,13-14H,3-7,10,12,19H2,1-2H3. The smallest absolute Gasteiger partial charge is 0.0459 e. The molecule has 1 unspecified atom stereocenters. The molecule has 2 rings (SSSR count). The molecule has 0 amide bonds. The van der Waals surface area contributed by atoms with Gasteiger partial charge in [0.25, 0.3) is 0 Å².